The highest BCUT2D eigenvalue weighted by molar-refractivity contribution is 14.0. The van der Waals surface area contributed by atoms with Gasteiger partial charge in [-0.15, -0.1) is 24.0 Å². The molecule has 0 spiro atoms. The molecule has 27 heavy (non-hydrogen) atoms. The van der Waals surface area contributed by atoms with E-state index in [1.165, 1.54) is 0 Å². The maximum atomic E-state index is 12.2. The summed E-state index contributed by atoms with van der Waals surface area (Å²) in [4.78, 5) is 18.5. The van der Waals surface area contributed by atoms with E-state index in [2.05, 4.69) is 15.6 Å². The molecule has 0 bridgehead atoms. The number of piperidine rings is 1. The summed E-state index contributed by atoms with van der Waals surface area (Å²) in [5.74, 6) is 1.22. The maximum absolute atomic E-state index is 12.2. The number of hydrogen-bond acceptors (Lipinski definition) is 4. The summed E-state index contributed by atoms with van der Waals surface area (Å²) in [6.07, 6.45) is 1.45. The Morgan fingerprint density at radius 1 is 1.30 bits per heavy atom. The van der Waals surface area contributed by atoms with Gasteiger partial charge in [-0.1, -0.05) is 18.2 Å². The number of rotatable bonds is 6. The second kappa shape index (κ2) is 12.9. The molecule has 0 aromatic heterocycles. The fourth-order valence-corrected chi connectivity index (χ4v) is 3.75. The lowest BCUT2D eigenvalue weighted by atomic mass is 10.1. The topological polar surface area (TPSA) is 83.0 Å². The Bertz CT molecular complexity index is 622. The molecule has 152 valence electrons. The summed E-state index contributed by atoms with van der Waals surface area (Å²) in [6, 6.07) is 9.71. The Kier molecular flexibility index (Phi) is 11.3. The Morgan fingerprint density at radius 3 is 2.56 bits per heavy atom. The number of hydrogen-bond donors (Lipinski definition) is 2. The summed E-state index contributed by atoms with van der Waals surface area (Å²) in [5.41, 5.74) is 0. The number of aliphatic imine (C=N–C) groups is 1. The third-order valence-corrected chi connectivity index (χ3v) is 5.54. The Morgan fingerprint density at radius 2 is 1.96 bits per heavy atom. The number of nitrogens with zero attached hydrogens (tertiary/aromatic N) is 2. The second-order valence-corrected chi connectivity index (χ2v) is 7.54. The van der Waals surface area contributed by atoms with Crippen molar-refractivity contribution in [1.29, 1.82) is 0 Å². The molecule has 9 heteroatoms. The van der Waals surface area contributed by atoms with E-state index in [-0.39, 0.29) is 36.1 Å². The molecular weight excluding hydrogens is 479 g/mol. The largest absolute Gasteiger partial charge is 0.450 e. The summed E-state index contributed by atoms with van der Waals surface area (Å²) in [5, 5.41) is 6.58. The molecule has 2 rings (SSSR count). The lowest BCUT2D eigenvalue weighted by Crippen LogP contribution is -2.50. The van der Waals surface area contributed by atoms with E-state index in [0.717, 1.165) is 17.7 Å². The smallest absolute Gasteiger partial charge is 0.409 e. The van der Waals surface area contributed by atoms with Gasteiger partial charge in [-0.3, -0.25) is 9.20 Å². The predicted octanol–water partition coefficient (Wildman–Crippen LogP) is 2.20. The number of guanidine groups is 1. The maximum Gasteiger partial charge on any atom is 0.409 e. The minimum absolute atomic E-state index is 0. The first-order valence-electron chi connectivity index (χ1n) is 8.96. The van der Waals surface area contributed by atoms with Crippen molar-refractivity contribution in [3.8, 4) is 0 Å². The molecule has 1 amide bonds. The van der Waals surface area contributed by atoms with E-state index >= 15 is 0 Å². The lowest BCUT2D eigenvalue weighted by Gasteiger charge is -2.32. The van der Waals surface area contributed by atoms with E-state index in [1.807, 2.05) is 37.3 Å². The molecule has 1 aromatic rings. The van der Waals surface area contributed by atoms with E-state index in [1.54, 1.807) is 11.9 Å². The number of amides is 1. The first-order chi connectivity index (χ1) is 12.6. The van der Waals surface area contributed by atoms with Crippen LogP contribution in [0.5, 0.6) is 0 Å². The zero-order chi connectivity index (χ0) is 18.8. The van der Waals surface area contributed by atoms with Crippen LogP contribution >= 0.6 is 24.0 Å². The summed E-state index contributed by atoms with van der Waals surface area (Å²) in [6.45, 7) is 4.13. The molecule has 1 fully saturated rings. The summed E-state index contributed by atoms with van der Waals surface area (Å²) in [7, 11) is 0.695. The van der Waals surface area contributed by atoms with Crippen LogP contribution in [-0.4, -0.2) is 66.2 Å². The highest BCUT2D eigenvalue weighted by atomic mass is 127. The predicted molar refractivity (Wildman–Crippen MR) is 119 cm³/mol. The standard InChI is InChI=1S/C18H28N4O3S.HI/c1-3-25-18(23)22-12-9-15(10-13-22)21-17(19-2)20-11-14-26(24)16-7-5-4-6-8-16;/h4-8,15H,3,9-14H2,1-2H3,(H2,19,20,21);1H. The van der Waals surface area contributed by atoms with Crippen LogP contribution in [0, 0.1) is 0 Å². The fraction of sp³-hybridized carbons (Fsp3) is 0.556. The minimum atomic E-state index is -1.02. The van der Waals surface area contributed by atoms with Crippen LogP contribution < -0.4 is 10.6 Å². The van der Waals surface area contributed by atoms with Gasteiger partial charge in [0.05, 0.1) is 17.4 Å². The molecule has 1 aliphatic heterocycles. The van der Waals surface area contributed by atoms with Crippen LogP contribution in [0.4, 0.5) is 4.79 Å². The number of carbonyl (C=O) groups is 1. The Labute approximate surface area is 180 Å². The van der Waals surface area contributed by atoms with Crippen LogP contribution in [0.25, 0.3) is 0 Å². The van der Waals surface area contributed by atoms with Crippen molar-refractivity contribution in [2.75, 3.05) is 39.0 Å². The van der Waals surface area contributed by atoms with Gasteiger partial charge in [0.15, 0.2) is 5.96 Å². The van der Waals surface area contributed by atoms with E-state index in [9.17, 15) is 9.00 Å². The van der Waals surface area contributed by atoms with Gasteiger partial charge >= 0.3 is 6.09 Å². The molecule has 0 aliphatic carbocycles. The van der Waals surface area contributed by atoms with E-state index < -0.39 is 10.8 Å². The average molecular weight is 508 g/mol. The molecule has 1 aromatic carbocycles. The van der Waals surface area contributed by atoms with Gasteiger partial charge in [0.2, 0.25) is 0 Å². The van der Waals surface area contributed by atoms with Gasteiger partial charge in [0.1, 0.15) is 0 Å². The molecule has 0 saturated carbocycles. The van der Waals surface area contributed by atoms with Crippen LogP contribution in [0.15, 0.2) is 40.2 Å². The van der Waals surface area contributed by atoms with Crippen molar-refractivity contribution in [1.82, 2.24) is 15.5 Å². The highest BCUT2D eigenvalue weighted by Crippen LogP contribution is 2.11. The number of likely N-dealkylation sites (tertiary alicyclic amines) is 1. The SMILES string of the molecule is CCOC(=O)N1CCC(NC(=NC)NCCS(=O)c2ccccc2)CC1.I. The van der Waals surface area contributed by atoms with Crippen molar-refractivity contribution in [3.05, 3.63) is 30.3 Å². The quantitative estimate of drug-likeness (QED) is 0.350. The van der Waals surface area contributed by atoms with Gasteiger partial charge < -0.3 is 20.3 Å². The molecule has 0 radical (unpaired) electrons. The summed E-state index contributed by atoms with van der Waals surface area (Å²) >= 11 is 0. The fourth-order valence-electron chi connectivity index (χ4n) is 2.76. The summed E-state index contributed by atoms with van der Waals surface area (Å²) < 4.78 is 17.3. The highest BCUT2D eigenvalue weighted by Gasteiger charge is 2.24. The Hall–Kier alpha value is -1.36. The first-order valence-corrected chi connectivity index (χ1v) is 10.3. The van der Waals surface area contributed by atoms with Gasteiger partial charge in [-0.05, 0) is 31.9 Å². The normalized spacial score (nSPS) is 16.2. The molecule has 1 saturated heterocycles. The van der Waals surface area contributed by atoms with Gasteiger partial charge in [0, 0.05) is 43.4 Å². The first kappa shape index (κ1) is 23.7. The van der Waals surface area contributed by atoms with Crippen LogP contribution in [-0.2, 0) is 15.5 Å². The number of ether oxygens (including phenoxy) is 1. The van der Waals surface area contributed by atoms with Crippen molar-refractivity contribution < 1.29 is 13.7 Å². The van der Waals surface area contributed by atoms with Crippen molar-refractivity contribution in [2.45, 2.75) is 30.7 Å². The van der Waals surface area contributed by atoms with Gasteiger partial charge in [-0.25, -0.2) is 4.79 Å². The number of nitrogens with one attached hydrogen (secondary N) is 2. The number of benzene rings is 1. The molecule has 1 atom stereocenters. The Balaban J connectivity index is 0.00000364. The monoisotopic (exact) mass is 508 g/mol. The number of halogens is 1. The number of carbonyl (C=O) groups excluding carboxylic acids is 1. The van der Waals surface area contributed by atoms with Crippen molar-refractivity contribution in [3.63, 3.8) is 0 Å². The van der Waals surface area contributed by atoms with Crippen molar-refractivity contribution >= 4 is 46.8 Å². The second-order valence-electron chi connectivity index (χ2n) is 5.97. The van der Waals surface area contributed by atoms with Crippen LogP contribution in [0.2, 0.25) is 0 Å². The zero-order valence-corrected chi connectivity index (χ0v) is 19.0. The minimum Gasteiger partial charge on any atom is -0.450 e. The van der Waals surface area contributed by atoms with Crippen molar-refractivity contribution in [2.24, 2.45) is 4.99 Å². The van der Waals surface area contributed by atoms with E-state index in [4.69, 9.17) is 4.74 Å². The van der Waals surface area contributed by atoms with Gasteiger partial charge in [0.25, 0.3) is 0 Å². The third kappa shape index (κ3) is 8.04. The van der Waals surface area contributed by atoms with E-state index in [0.29, 0.717) is 38.0 Å². The lowest BCUT2D eigenvalue weighted by molar-refractivity contribution is 0.0963. The van der Waals surface area contributed by atoms with Gasteiger partial charge in [-0.2, -0.15) is 0 Å². The molecule has 1 aliphatic rings. The zero-order valence-electron chi connectivity index (χ0n) is 15.8. The molecule has 1 unspecified atom stereocenters. The molecule has 7 nitrogen and oxygen atoms in total. The third-order valence-electron chi connectivity index (χ3n) is 4.17. The van der Waals surface area contributed by atoms with Crippen LogP contribution in [0.3, 0.4) is 0 Å². The molecular formula is C18H29IN4O3S. The molecule has 1 heterocycles. The van der Waals surface area contributed by atoms with Crippen LogP contribution in [0.1, 0.15) is 19.8 Å². The molecule has 2 N–H and O–H groups in total. The average Bonchev–Trinajstić information content (AvgIpc) is 2.68.